The van der Waals surface area contributed by atoms with Crippen molar-refractivity contribution in [3.8, 4) is 5.75 Å². The van der Waals surface area contributed by atoms with Gasteiger partial charge in [-0.15, -0.1) is 0 Å². The zero-order valence-electron chi connectivity index (χ0n) is 20.0. The first-order valence-corrected chi connectivity index (χ1v) is 13.4. The third-order valence-electron chi connectivity index (χ3n) is 6.13. The number of thioether (sulfide) groups is 1. The molecule has 0 radical (unpaired) electrons. The first-order valence-electron chi connectivity index (χ1n) is 12.0. The van der Waals surface area contributed by atoms with Crippen LogP contribution in [-0.4, -0.2) is 54.5 Å². The summed E-state index contributed by atoms with van der Waals surface area (Å²) in [4.78, 5) is 32.5. The molecule has 35 heavy (non-hydrogen) atoms. The average Bonchev–Trinajstić information content (AvgIpc) is 2.91. The number of para-hydroxylation sites is 1. The summed E-state index contributed by atoms with van der Waals surface area (Å²) in [5, 5.41) is 7.85. The van der Waals surface area contributed by atoms with E-state index in [-0.39, 0.29) is 18.4 Å². The van der Waals surface area contributed by atoms with Gasteiger partial charge in [-0.3, -0.25) is 14.6 Å². The topological polar surface area (TPSA) is 83.6 Å². The highest BCUT2D eigenvalue weighted by Gasteiger charge is 2.22. The Morgan fingerprint density at radius 2 is 1.86 bits per heavy atom. The fourth-order valence-corrected chi connectivity index (χ4v) is 4.79. The standard InChI is InChI=1S/C27H32N4O3S/c1-35-17-13-24(29-26(32)19-34-20-8-4-2-5-9-20)27(33)30-23-10-11-25(31-15-6-3-7-16-31)21-12-14-28-18-22(21)23/h2,4-5,8-12,14,18,24H,3,6-7,13,15-17,19H2,1H3,(H,29,32)(H,30,33). The lowest BCUT2D eigenvalue weighted by Crippen LogP contribution is -2.45. The van der Waals surface area contributed by atoms with Crippen LogP contribution >= 0.6 is 11.8 Å². The van der Waals surface area contributed by atoms with Gasteiger partial charge in [-0.2, -0.15) is 11.8 Å². The lowest BCUT2D eigenvalue weighted by atomic mass is 10.0. The van der Waals surface area contributed by atoms with Crippen LogP contribution in [0.4, 0.5) is 11.4 Å². The normalized spacial score (nSPS) is 14.4. The summed E-state index contributed by atoms with van der Waals surface area (Å²) in [5.41, 5.74) is 1.87. The minimum absolute atomic E-state index is 0.148. The second-order valence-electron chi connectivity index (χ2n) is 8.59. The van der Waals surface area contributed by atoms with Crippen molar-refractivity contribution >= 4 is 45.7 Å². The van der Waals surface area contributed by atoms with Gasteiger partial charge >= 0.3 is 0 Å². The van der Waals surface area contributed by atoms with Gasteiger partial charge < -0.3 is 20.3 Å². The second-order valence-corrected chi connectivity index (χ2v) is 9.58. The molecule has 1 aromatic heterocycles. The van der Waals surface area contributed by atoms with Crippen LogP contribution in [0.25, 0.3) is 10.8 Å². The number of anilines is 2. The van der Waals surface area contributed by atoms with Crippen molar-refractivity contribution < 1.29 is 14.3 Å². The van der Waals surface area contributed by atoms with Gasteiger partial charge in [0.1, 0.15) is 11.8 Å². The number of nitrogens with one attached hydrogen (secondary N) is 2. The summed E-state index contributed by atoms with van der Waals surface area (Å²) in [5.74, 6) is 0.777. The van der Waals surface area contributed by atoms with Crippen molar-refractivity contribution in [1.82, 2.24) is 10.3 Å². The maximum absolute atomic E-state index is 13.3. The Labute approximate surface area is 210 Å². The molecule has 7 nitrogen and oxygen atoms in total. The van der Waals surface area contributed by atoms with E-state index >= 15 is 0 Å². The minimum atomic E-state index is -0.664. The molecule has 0 saturated carbocycles. The maximum Gasteiger partial charge on any atom is 0.258 e. The largest absolute Gasteiger partial charge is 0.484 e. The zero-order chi connectivity index (χ0) is 24.5. The number of hydrogen-bond donors (Lipinski definition) is 2. The van der Waals surface area contributed by atoms with E-state index in [0.29, 0.717) is 17.9 Å². The van der Waals surface area contributed by atoms with Gasteiger partial charge in [-0.25, -0.2) is 0 Å². The lowest BCUT2D eigenvalue weighted by molar-refractivity contribution is -0.127. The number of carbonyl (C=O) groups excluding carboxylic acids is 2. The molecule has 1 fully saturated rings. The van der Waals surface area contributed by atoms with Crippen molar-refractivity contribution in [1.29, 1.82) is 0 Å². The SMILES string of the molecule is CSCCC(NC(=O)COc1ccccc1)C(=O)Nc1ccc(N2CCCCC2)c2ccncc12. The second kappa shape index (κ2) is 12.4. The zero-order valence-corrected chi connectivity index (χ0v) is 20.9. The van der Waals surface area contributed by atoms with Crippen LogP contribution in [0, 0.1) is 0 Å². The van der Waals surface area contributed by atoms with Crippen LogP contribution in [0.3, 0.4) is 0 Å². The quantitative estimate of drug-likeness (QED) is 0.434. The van der Waals surface area contributed by atoms with Gasteiger partial charge in [0.05, 0.1) is 5.69 Å². The van der Waals surface area contributed by atoms with Crippen molar-refractivity contribution in [2.45, 2.75) is 31.7 Å². The molecule has 2 N–H and O–H groups in total. The summed E-state index contributed by atoms with van der Waals surface area (Å²) >= 11 is 1.63. The molecule has 0 aliphatic carbocycles. The van der Waals surface area contributed by atoms with Crippen molar-refractivity contribution in [2.75, 3.05) is 41.9 Å². The molecule has 184 valence electrons. The van der Waals surface area contributed by atoms with Crippen LogP contribution < -0.4 is 20.3 Å². The number of carbonyl (C=O) groups is 2. The smallest absolute Gasteiger partial charge is 0.258 e. The highest BCUT2D eigenvalue weighted by molar-refractivity contribution is 7.98. The Balaban J connectivity index is 1.47. The van der Waals surface area contributed by atoms with Crippen molar-refractivity contribution in [3.05, 3.63) is 60.9 Å². The van der Waals surface area contributed by atoms with Crippen molar-refractivity contribution in [3.63, 3.8) is 0 Å². The van der Waals surface area contributed by atoms with Gasteiger partial charge in [-0.1, -0.05) is 18.2 Å². The van der Waals surface area contributed by atoms with E-state index < -0.39 is 6.04 Å². The Morgan fingerprint density at radius 3 is 2.63 bits per heavy atom. The number of benzene rings is 2. The number of rotatable bonds is 10. The molecule has 1 aliphatic rings. The first-order chi connectivity index (χ1) is 17.2. The van der Waals surface area contributed by atoms with Crippen LogP contribution in [0.15, 0.2) is 60.9 Å². The highest BCUT2D eigenvalue weighted by atomic mass is 32.2. The number of aromatic nitrogens is 1. The molecule has 2 aromatic carbocycles. The van der Waals surface area contributed by atoms with E-state index in [0.717, 1.165) is 29.6 Å². The molecular formula is C27H32N4O3S. The average molecular weight is 493 g/mol. The van der Waals surface area contributed by atoms with Crippen molar-refractivity contribution in [2.24, 2.45) is 0 Å². The predicted molar refractivity (Wildman–Crippen MR) is 143 cm³/mol. The summed E-state index contributed by atoms with van der Waals surface area (Å²) < 4.78 is 5.54. The molecule has 1 aliphatic heterocycles. The molecule has 8 heteroatoms. The van der Waals surface area contributed by atoms with E-state index in [2.05, 4.69) is 26.6 Å². The molecule has 1 atom stereocenters. The molecular weight excluding hydrogens is 460 g/mol. The molecule has 4 rings (SSSR count). The molecule has 2 amide bonds. The van der Waals surface area contributed by atoms with Gasteiger partial charge in [-0.05, 0) is 68.0 Å². The summed E-state index contributed by atoms with van der Waals surface area (Å²) in [7, 11) is 0. The van der Waals surface area contributed by atoms with E-state index in [1.165, 1.54) is 24.9 Å². The van der Waals surface area contributed by atoms with Crippen LogP contribution in [0.1, 0.15) is 25.7 Å². The van der Waals surface area contributed by atoms with Gasteiger partial charge in [0.15, 0.2) is 6.61 Å². The molecule has 1 saturated heterocycles. The number of hydrogen-bond acceptors (Lipinski definition) is 6. The summed E-state index contributed by atoms with van der Waals surface area (Å²) in [6.07, 6.45) is 9.73. The Hall–Kier alpha value is -3.26. The highest BCUT2D eigenvalue weighted by Crippen LogP contribution is 2.33. The van der Waals surface area contributed by atoms with Crippen LogP contribution in [0.2, 0.25) is 0 Å². The Bertz CT molecular complexity index is 1140. The van der Waals surface area contributed by atoms with Gasteiger partial charge in [0.2, 0.25) is 5.91 Å². The van der Waals surface area contributed by atoms with Crippen LogP contribution in [-0.2, 0) is 9.59 Å². The van der Waals surface area contributed by atoms with E-state index in [9.17, 15) is 9.59 Å². The number of piperidine rings is 1. The third-order valence-corrected chi connectivity index (χ3v) is 6.77. The summed E-state index contributed by atoms with van der Waals surface area (Å²) in [6, 6.07) is 14.5. The Morgan fingerprint density at radius 1 is 1.06 bits per heavy atom. The van der Waals surface area contributed by atoms with Crippen LogP contribution in [0.5, 0.6) is 5.75 Å². The first kappa shape index (κ1) is 24.9. The van der Waals surface area contributed by atoms with E-state index in [1.807, 2.05) is 36.6 Å². The molecule has 0 bridgehead atoms. The maximum atomic E-state index is 13.3. The fourth-order valence-electron chi connectivity index (χ4n) is 4.32. The number of nitrogens with zero attached hydrogens (tertiary/aromatic N) is 2. The molecule has 2 heterocycles. The summed E-state index contributed by atoms with van der Waals surface area (Å²) in [6.45, 7) is 1.93. The van der Waals surface area contributed by atoms with E-state index in [1.54, 1.807) is 36.3 Å². The number of pyridine rings is 1. The molecule has 1 unspecified atom stereocenters. The number of amides is 2. The van der Waals surface area contributed by atoms with Gasteiger partial charge in [0.25, 0.3) is 5.91 Å². The predicted octanol–water partition coefficient (Wildman–Crippen LogP) is 4.48. The minimum Gasteiger partial charge on any atom is -0.484 e. The fraction of sp³-hybridized carbons (Fsp3) is 0.370. The molecule has 3 aromatic rings. The van der Waals surface area contributed by atoms with E-state index in [4.69, 9.17) is 4.74 Å². The lowest BCUT2D eigenvalue weighted by Gasteiger charge is -2.30. The monoisotopic (exact) mass is 492 g/mol. The Kier molecular flexibility index (Phi) is 8.84. The van der Waals surface area contributed by atoms with Gasteiger partial charge in [0, 0.05) is 41.9 Å². The molecule has 0 spiro atoms. The number of ether oxygens (including phenoxy) is 1. The number of fused-ring (bicyclic) bond motifs is 1. The third kappa shape index (κ3) is 6.66.